The van der Waals surface area contributed by atoms with E-state index in [1.807, 2.05) is 52.0 Å². The van der Waals surface area contributed by atoms with Gasteiger partial charge in [-0.3, -0.25) is 9.59 Å². The maximum Gasteiger partial charge on any atom is 0.408 e. The van der Waals surface area contributed by atoms with E-state index in [0.29, 0.717) is 5.56 Å². The number of rotatable bonds is 10. The Bertz CT molecular complexity index is 1070. The topological polar surface area (TPSA) is 108 Å². The maximum absolute atomic E-state index is 14.2. The van der Waals surface area contributed by atoms with Crippen molar-refractivity contribution in [3.63, 3.8) is 0 Å². The SMILES string of the molecule is CCc1ccc(C(C(=O)NC(C)C)N(C(=O)C(Cc2ccc(O)cc2)NC(=O)OC(C)(C)C)C(C)C)cc1. The summed E-state index contributed by atoms with van der Waals surface area (Å²) in [5, 5.41) is 15.4. The van der Waals surface area contributed by atoms with Gasteiger partial charge in [-0.15, -0.1) is 0 Å². The molecule has 2 atom stereocenters. The highest BCUT2D eigenvalue weighted by Crippen LogP contribution is 2.26. The van der Waals surface area contributed by atoms with Crippen molar-refractivity contribution in [2.45, 2.75) is 98.0 Å². The average Bonchev–Trinajstić information content (AvgIpc) is 2.81. The van der Waals surface area contributed by atoms with Gasteiger partial charge in [-0.25, -0.2) is 4.79 Å². The number of alkyl carbamates (subject to hydrolysis) is 1. The summed E-state index contributed by atoms with van der Waals surface area (Å²) in [6.45, 7) is 14.7. The predicted octanol–water partition coefficient (Wildman–Crippen LogP) is 4.89. The third kappa shape index (κ3) is 9.08. The van der Waals surface area contributed by atoms with E-state index in [0.717, 1.165) is 17.5 Å². The molecule has 8 heteroatoms. The van der Waals surface area contributed by atoms with Crippen LogP contribution in [0.15, 0.2) is 48.5 Å². The fraction of sp³-hybridized carbons (Fsp3) is 0.500. The van der Waals surface area contributed by atoms with Crippen LogP contribution in [0.2, 0.25) is 0 Å². The Morgan fingerprint density at radius 3 is 1.92 bits per heavy atom. The molecule has 0 bridgehead atoms. The van der Waals surface area contributed by atoms with E-state index in [4.69, 9.17) is 4.74 Å². The summed E-state index contributed by atoms with van der Waals surface area (Å²) >= 11 is 0. The van der Waals surface area contributed by atoms with Crippen molar-refractivity contribution in [1.82, 2.24) is 15.5 Å². The van der Waals surface area contributed by atoms with Crippen LogP contribution in [-0.2, 0) is 27.2 Å². The molecule has 3 N–H and O–H groups in total. The first-order chi connectivity index (χ1) is 17.7. The quantitative estimate of drug-likeness (QED) is 0.409. The lowest BCUT2D eigenvalue weighted by Gasteiger charge is -2.37. The zero-order valence-electron chi connectivity index (χ0n) is 23.9. The second-order valence-corrected chi connectivity index (χ2v) is 11.1. The predicted molar refractivity (Wildman–Crippen MR) is 149 cm³/mol. The van der Waals surface area contributed by atoms with Gasteiger partial charge in [0.25, 0.3) is 0 Å². The van der Waals surface area contributed by atoms with Gasteiger partial charge in [-0.05, 0) is 83.7 Å². The number of aryl methyl sites for hydroxylation is 1. The van der Waals surface area contributed by atoms with E-state index in [1.54, 1.807) is 32.9 Å². The van der Waals surface area contributed by atoms with E-state index in [9.17, 15) is 19.5 Å². The third-order valence-corrected chi connectivity index (χ3v) is 5.84. The van der Waals surface area contributed by atoms with Gasteiger partial charge in [0.15, 0.2) is 0 Å². The van der Waals surface area contributed by atoms with Gasteiger partial charge in [0, 0.05) is 18.5 Å². The van der Waals surface area contributed by atoms with Crippen LogP contribution in [0, 0.1) is 0 Å². The molecule has 0 saturated heterocycles. The molecule has 2 aromatic rings. The van der Waals surface area contributed by atoms with Crippen molar-refractivity contribution >= 4 is 17.9 Å². The molecule has 3 amide bonds. The highest BCUT2D eigenvalue weighted by atomic mass is 16.6. The number of hydrogen-bond acceptors (Lipinski definition) is 5. The summed E-state index contributed by atoms with van der Waals surface area (Å²) in [6.07, 6.45) is 0.271. The number of amides is 3. The van der Waals surface area contributed by atoms with Gasteiger partial charge in [-0.1, -0.05) is 43.3 Å². The Morgan fingerprint density at radius 2 is 1.45 bits per heavy atom. The van der Waals surface area contributed by atoms with Gasteiger partial charge in [0.1, 0.15) is 23.4 Å². The number of carbonyl (C=O) groups is 3. The molecule has 0 aliphatic heterocycles. The molecule has 0 spiro atoms. The zero-order valence-corrected chi connectivity index (χ0v) is 23.9. The van der Waals surface area contributed by atoms with Crippen LogP contribution in [0.25, 0.3) is 0 Å². The largest absolute Gasteiger partial charge is 0.508 e. The molecular formula is C30H43N3O5. The monoisotopic (exact) mass is 525 g/mol. The molecule has 2 rings (SSSR count). The molecule has 38 heavy (non-hydrogen) atoms. The molecule has 2 unspecified atom stereocenters. The van der Waals surface area contributed by atoms with E-state index in [1.165, 1.54) is 17.0 Å². The molecule has 0 saturated carbocycles. The fourth-order valence-corrected chi connectivity index (χ4v) is 4.11. The zero-order chi connectivity index (χ0) is 28.6. The minimum absolute atomic E-state index is 0.0986. The second kappa shape index (κ2) is 13.3. The number of nitrogens with zero attached hydrogens (tertiary/aromatic N) is 1. The van der Waals surface area contributed by atoms with Crippen molar-refractivity contribution in [3.05, 3.63) is 65.2 Å². The molecule has 0 fully saturated rings. The molecular weight excluding hydrogens is 482 g/mol. The number of phenols is 1. The van der Waals surface area contributed by atoms with Crippen LogP contribution in [0.5, 0.6) is 5.75 Å². The van der Waals surface area contributed by atoms with Crippen LogP contribution in [0.1, 0.15) is 78.1 Å². The summed E-state index contributed by atoms with van der Waals surface area (Å²) in [4.78, 5) is 42.1. The first-order valence-electron chi connectivity index (χ1n) is 13.2. The van der Waals surface area contributed by atoms with Gasteiger partial charge in [0.2, 0.25) is 11.8 Å². The van der Waals surface area contributed by atoms with Crippen LogP contribution in [0.4, 0.5) is 4.79 Å². The Hall–Kier alpha value is -3.55. The highest BCUT2D eigenvalue weighted by Gasteiger charge is 2.38. The summed E-state index contributed by atoms with van der Waals surface area (Å²) in [6, 6.07) is 11.7. The van der Waals surface area contributed by atoms with Crippen LogP contribution < -0.4 is 10.6 Å². The van der Waals surface area contributed by atoms with Gasteiger partial charge >= 0.3 is 6.09 Å². The molecule has 0 heterocycles. The lowest BCUT2D eigenvalue weighted by molar-refractivity contribution is -0.144. The van der Waals surface area contributed by atoms with Crippen molar-refractivity contribution in [2.24, 2.45) is 0 Å². The molecule has 2 aromatic carbocycles. The van der Waals surface area contributed by atoms with Gasteiger partial charge in [-0.2, -0.15) is 0 Å². The molecule has 0 aromatic heterocycles. The highest BCUT2D eigenvalue weighted by molar-refractivity contribution is 5.92. The summed E-state index contributed by atoms with van der Waals surface area (Å²) < 4.78 is 5.45. The van der Waals surface area contributed by atoms with Crippen LogP contribution in [0.3, 0.4) is 0 Å². The Labute approximate surface area is 226 Å². The van der Waals surface area contributed by atoms with Crippen molar-refractivity contribution in [3.8, 4) is 5.75 Å². The number of ether oxygens (including phenoxy) is 1. The molecule has 0 aliphatic rings. The van der Waals surface area contributed by atoms with Gasteiger partial charge in [0.05, 0.1) is 0 Å². The molecule has 0 radical (unpaired) electrons. The Balaban J connectivity index is 2.54. The lowest BCUT2D eigenvalue weighted by Crippen LogP contribution is -2.56. The van der Waals surface area contributed by atoms with E-state index >= 15 is 0 Å². The number of benzene rings is 2. The molecule has 0 aliphatic carbocycles. The third-order valence-electron chi connectivity index (χ3n) is 5.84. The van der Waals surface area contributed by atoms with E-state index in [2.05, 4.69) is 17.6 Å². The molecule has 8 nitrogen and oxygen atoms in total. The summed E-state index contributed by atoms with van der Waals surface area (Å²) in [5.74, 6) is -0.615. The standard InChI is InChI=1S/C30H43N3O5/c1-9-21-10-14-23(15-11-21)26(27(35)31-19(2)3)33(20(4)5)28(36)25(32-29(37)38-30(6,7)8)18-22-12-16-24(34)17-13-22/h10-17,19-20,25-26,34H,9,18H2,1-8H3,(H,31,35)(H,32,37). The van der Waals surface area contributed by atoms with E-state index < -0.39 is 29.7 Å². The average molecular weight is 526 g/mol. The normalized spacial score (nSPS) is 13.1. The number of hydrogen-bond donors (Lipinski definition) is 3. The van der Waals surface area contributed by atoms with Gasteiger partial charge < -0.3 is 25.4 Å². The second-order valence-electron chi connectivity index (χ2n) is 11.1. The lowest BCUT2D eigenvalue weighted by atomic mass is 9.97. The van der Waals surface area contributed by atoms with Crippen LogP contribution in [-0.4, -0.2) is 51.6 Å². The van der Waals surface area contributed by atoms with Crippen molar-refractivity contribution < 1.29 is 24.2 Å². The number of aromatic hydroxyl groups is 1. The first kappa shape index (κ1) is 30.7. The minimum atomic E-state index is -1.01. The number of nitrogens with one attached hydrogen (secondary N) is 2. The fourth-order valence-electron chi connectivity index (χ4n) is 4.11. The molecule has 208 valence electrons. The number of phenolic OH excluding ortho intramolecular Hbond substituents is 1. The smallest absolute Gasteiger partial charge is 0.408 e. The summed E-state index contributed by atoms with van der Waals surface area (Å²) in [5.41, 5.74) is 1.78. The maximum atomic E-state index is 14.2. The number of carbonyl (C=O) groups excluding carboxylic acids is 3. The van der Waals surface area contributed by atoms with Crippen molar-refractivity contribution in [2.75, 3.05) is 0 Å². The Morgan fingerprint density at radius 1 is 0.895 bits per heavy atom. The Kier molecular flexibility index (Phi) is 10.7. The van der Waals surface area contributed by atoms with Crippen molar-refractivity contribution in [1.29, 1.82) is 0 Å². The minimum Gasteiger partial charge on any atom is -0.508 e. The summed E-state index contributed by atoms with van der Waals surface area (Å²) in [7, 11) is 0. The van der Waals surface area contributed by atoms with E-state index in [-0.39, 0.29) is 30.2 Å². The first-order valence-corrected chi connectivity index (χ1v) is 13.2. The van der Waals surface area contributed by atoms with Crippen LogP contribution >= 0.6 is 0 Å².